The SMILES string of the molecule is CCC(C)C(C)C(=O)NC(C)(COC)C(=O)O. The Morgan fingerprint density at radius 2 is 1.94 bits per heavy atom. The smallest absolute Gasteiger partial charge is 0.331 e. The number of rotatable bonds is 7. The Hall–Kier alpha value is -1.10. The van der Waals surface area contributed by atoms with Gasteiger partial charge in [-0.05, 0) is 12.8 Å². The second kappa shape index (κ2) is 6.59. The zero-order valence-corrected chi connectivity index (χ0v) is 11.2. The quantitative estimate of drug-likeness (QED) is 0.708. The Morgan fingerprint density at radius 1 is 1.41 bits per heavy atom. The number of amides is 1. The highest BCUT2D eigenvalue weighted by atomic mass is 16.5. The molecule has 0 aromatic heterocycles. The summed E-state index contributed by atoms with van der Waals surface area (Å²) in [4.78, 5) is 23.0. The van der Waals surface area contributed by atoms with Gasteiger partial charge in [0.15, 0.2) is 5.54 Å². The Bertz CT molecular complexity index is 280. The first kappa shape index (κ1) is 15.9. The van der Waals surface area contributed by atoms with E-state index in [0.717, 1.165) is 6.42 Å². The van der Waals surface area contributed by atoms with Gasteiger partial charge in [0.25, 0.3) is 0 Å². The molecule has 0 fully saturated rings. The van der Waals surface area contributed by atoms with Crippen molar-refractivity contribution in [2.75, 3.05) is 13.7 Å². The van der Waals surface area contributed by atoms with E-state index in [2.05, 4.69) is 5.32 Å². The lowest BCUT2D eigenvalue weighted by atomic mass is 9.91. The van der Waals surface area contributed by atoms with Crippen LogP contribution in [0.2, 0.25) is 0 Å². The zero-order valence-electron chi connectivity index (χ0n) is 11.2. The van der Waals surface area contributed by atoms with Crippen LogP contribution in [0.5, 0.6) is 0 Å². The first-order valence-corrected chi connectivity index (χ1v) is 5.82. The van der Waals surface area contributed by atoms with Crippen LogP contribution >= 0.6 is 0 Å². The van der Waals surface area contributed by atoms with Gasteiger partial charge in [0.05, 0.1) is 6.61 Å². The number of hydrogen-bond acceptors (Lipinski definition) is 3. The highest BCUT2D eigenvalue weighted by Crippen LogP contribution is 2.16. The van der Waals surface area contributed by atoms with Gasteiger partial charge in [-0.1, -0.05) is 27.2 Å². The molecule has 0 aromatic carbocycles. The minimum atomic E-state index is -1.37. The highest BCUT2D eigenvalue weighted by Gasteiger charge is 2.36. The van der Waals surface area contributed by atoms with Crippen molar-refractivity contribution in [3.8, 4) is 0 Å². The molecule has 0 aliphatic heterocycles. The normalized spacial score (nSPS) is 17.9. The van der Waals surface area contributed by atoms with Crippen molar-refractivity contribution in [1.82, 2.24) is 5.32 Å². The zero-order chi connectivity index (χ0) is 13.6. The van der Waals surface area contributed by atoms with Crippen LogP contribution in [-0.4, -0.2) is 36.2 Å². The summed E-state index contributed by atoms with van der Waals surface area (Å²) in [6, 6.07) is 0. The van der Waals surface area contributed by atoms with Gasteiger partial charge < -0.3 is 15.2 Å². The maximum Gasteiger partial charge on any atom is 0.331 e. The molecule has 0 aliphatic rings. The lowest BCUT2D eigenvalue weighted by molar-refractivity contribution is -0.150. The number of aliphatic carboxylic acids is 1. The molecule has 0 rings (SSSR count). The summed E-state index contributed by atoms with van der Waals surface area (Å²) in [5.41, 5.74) is -1.37. The fraction of sp³-hybridized carbons (Fsp3) is 0.833. The fourth-order valence-corrected chi connectivity index (χ4v) is 1.44. The molecule has 5 nitrogen and oxygen atoms in total. The number of methoxy groups -OCH3 is 1. The third kappa shape index (κ3) is 4.34. The third-order valence-corrected chi connectivity index (χ3v) is 3.22. The first-order chi connectivity index (χ1) is 7.78. The molecule has 17 heavy (non-hydrogen) atoms. The number of nitrogens with one attached hydrogen (secondary N) is 1. The molecular weight excluding hydrogens is 222 g/mol. The van der Waals surface area contributed by atoms with Crippen LogP contribution in [0.3, 0.4) is 0 Å². The average molecular weight is 245 g/mol. The standard InChI is InChI=1S/C12H23NO4/c1-6-8(2)9(3)10(14)13-12(4,7-17-5)11(15)16/h8-9H,6-7H2,1-5H3,(H,13,14)(H,15,16). The average Bonchev–Trinajstić information content (AvgIpc) is 2.26. The van der Waals surface area contributed by atoms with Crippen molar-refractivity contribution in [3.05, 3.63) is 0 Å². The van der Waals surface area contributed by atoms with Crippen LogP contribution in [0.15, 0.2) is 0 Å². The summed E-state index contributed by atoms with van der Waals surface area (Å²) < 4.78 is 4.84. The molecule has 0 saturated heterocycles. The van der Waals surface area contributed by atoms with Crippen LogP contribution in [-0.2, 0) is 14.3 Å². The van der Waals surface area contributed by atoms with E-state index >= 15 is 0 Å². The van der Waals surface area contributed by atoms with Crippen LogP contribution in [0.1, 0.15) is 34.1 Å². The molecule has 2 N–H and O–H groups in total. The van der Waals surface area contributed by atoms with Gasteiger partial charge in [0.1, 0.15) is 0 Å². The second-order valence-electron chi connectivity index (χ2n) is 4.73. The number of carboxylic acids is 1. The largest absolute Gasteiger partial charge is 0.479 e. The van der Waals surface area contributed by atoms with Crippen LogP contribution in [0, 0.1) is 11.8 Å². The Balaban J connectivity index is 4.67. The van der Waals surface area contributed by atoms with E-state index in [-0.39, 0.29) is 24.3 Å². The summed E-state index contributed by atoms with van der Waals surface area (Å²) in [5.74, 6) is -1.34. The maximum atomic E-state index is 11.9. The topological polar surface area (TPSA) is 75.6 Å². The molecule has 0 spiro atoms. The highest BCUT2D eigenvalue weighted by molar-refractivity contribution is 5.87. The van der Waals surface area contributed by atoms with E-state index < -0.39 is 11.5 Å². The molecule has 0 saturated carbocycles. The van der Waals surface area contributed by atoms with Gasteiger partial charge in [0.2, 0.25) is 5.91 Å². The number of ether oxygens (including phenoxy) is 1. The lowest BCUT2D eigenvalue weighted by Crippen LogP contribution is -2.56. The van der Waals surface area contributed by atoms with E-state index in [4.69, 9.17) is 9.84 Å². The minimum absolute atomic E-state index is 0.0543. The van der Waals surface area contributed by atoms with E-state index in [0.29, 0.717) is 0 Å². The molecule has 0 radical (unpaired) electrons. The number of hydrogen-bond donors (Lipinski definition) is 2. The van der Waals surface area contributed by atoms with Crippen molar-refractivity contribution in [3.63, 3.8) is 0 Å². The molecule has 0 aromatic rings. The number of carboxylic acid groups (broad SMARTS) is 1. The van der Waals surface area contributed by atoms with Crippen LogP contribution in [0.25, 0.3) is 0 Å². The van der Waals surface area contributed by atoms with Gasteiger partial charge in [-0.2, -0.15) is 0 Å². The van der Waals surface area contributed by atoms with Gasteiger partial charge >= 0.3 is 5.97 Å². The van der Waals surface area contributed by atoms with Crippen molar-refractivity contribution < 1.29 is 19.4 Å². The molecule has 3 unspecified atom stereocenters. The monoisotopic (exact) mass is 245 g/mol. The van der Waals surface area contributed by atoms with Gasteiger partial charge in [-0.15, -0.1) is 0 Å². The van der Waals surface area contributed by atoms with Gasteiger partial charge in [-0.3, -0.25) is 4.79 Å². The summed E-state index contributed by atoms with van der Waals surface area (Å²) in [5, 5.41) is 11.6. The van der Waals surface area contributed by atoms with Crippen LogP contribution < -0.4 is 5.32 Å². The molecule has 1 amide bonds. The van der Waals surface area contributed by atoms with Crippen molar-refractivity contribution >= 4 is 11.9 Å². The predicted octanol–water partition coefficient (Wildman–Crippen LogP) is 1.27. The molecule has 5 heteroatoms. The summed E-state index contributed by atoms with van der Waals surface area (Å²) in [7, 11) is 1.41. The fourth-order valence-electron chi connectivity index (χ4n) is 1.44. The summed E-state index contributed by atoms with van der Waals surface area (Å²) >= 11 is 0. The first-order valence-electron chi connectivity index (χ1n) is 5.82. The van der Waals surface area contributed by atoms with Crippen molar-refractivity contribution in [2.45, 2.75) is 39.7 Å². The van der Waals surface area contributed by atoms with E-state index in [1.165, 1.54) is 14.0 Å². The number of carbonyl (C=O) groups is 2. The number of carbonyl (C=O) groups excluding carboxylic acids is 1. The Kier molecular flexibility index (Phi) is 6.16. The molecule has 0 aliphatic carbocycles. The van der Waals surface area contributed by atoms with Gasteiger partial charge in [-0.25, -0.2) is 4.79 Å². The van der Waals surface area contributed by atoms with E-state index in [1.54, 1.807) is 6.92 Å². The van der Waals surface area contributed by atoms with Crippen LogP contribution in [0.4, 0.5) is 0 Å². The summed E-state index contributed by atoms with van der Waals surface area (Å²) in [6.45, 7) is 7.17. The van der Waals surface area contributed by atoms with E-state index in [9.17, 15) is 9.59 Å². The van der Waals surface area contributed by atoms with Crippen molar-refractivity contribution in [1.29, 1.82) is 0 Å². The Morgan fingerprint density at radius 3 is 2.29 bits per heavy atom. The molecular formula is C12H23NO4. The van der Waals surface area contributed by atoms with Crippen molar-refractivity contribution in [2.24, 2.45) is 11.8 Å². The third-order valence-electron chi connectivity index (χ3n) is 3.22. The second-order valence-corrected chi connectivity index (χ2v) is 4.73. The van der Waals surface area contributed by atoms with Gasteiger partial charge in [0, 0.05) is 13.0 Å². The Labute approximate surface area is 103 Å². The van der Waals surface area contributed by atoms with E-state index in [1.807, 2.05) is 13.8 Å². The molecule has 0 bridgehead atoms. The predicted molar refractivity (Wildman–Crippen MR) is 64.7 cm³/mol. The minimum Gasteiger partial charge on any atom is -0.479 e. The molecule has 100 valence electrons. The molecule has 3 atom stereocenters. The summed E-state index contributed by atoms with van der Waals surface area (Å²) in [6.07, 6.45) is 0.878. The maximum absolute atomic E-state index is 11.9. The molecule has 0 heterocycles. The lowest BCUT2D eigenvalue weighted by Gasteiger charge is -2.28.